The molecule has 0 aromatic carbocycles. The average Bonchev–Trinajstić information content (AvgIpc) is 2.84. The van der Waals surface area contributed by atoms with Crippen LogP contribution in [0, 0.1) is 0 Å². The van der Waals surface area contributed by atoms with Crippen LogP contribution in [0.15, 0.2) is 17.5 Å². The highest BCUT2D eigenvalue weighted by atomic mass is 32.2. The van der Waals surface area contributed by atoms with Gasteiger partial charge in [0.15, 0.2) is 0 Å². The van der Waals surface area contributed by atoms with Gasteiger partial charge in [0, 0.05) is 23.5 Å². The molecule has 0 spiro atoms. The molecule has 6 heteroatoms. The third kappa shape index (κ3) is 5.91. The van der Waals surface area contributed by atoms with Gasteiger partial charge in [-0.3, -0.25) is 0 Å². The van der Waals surface area contributed by atoms with Crippen LogP contribution < -0.4 is 5.32 Å². The van der Waals surface area contributed by atoms with Gasteiger partial charge in [-0.15, -0.1) is 11.3 Å². The van der Waals surface area contributed by atoms with Crippen LogP contribution >= 0.6 is 11.3 Å². The fourth-order valence-electron chi connectivity index (χ4n) is 1.92. The van der Waals surface area contributed by atoms with Gasteiger partial charge in [0.05, 0.1) is 5.75 Å². The normalized spacial score (nSPS) is 12.8. The predicted molar refractivity (Wildman–Crippen MR) is 86.5 cm³/mol. The van der Waals surface area contributed by atoms with Gasteiger partial charge in [0.1, 0.15) is 0 Å². The molecule has 4 nitrogen and oxygen atoms in total. The maximum absolute atomic E-state index is 12.4. The first-order chi connectivity index (χ1) is 9.33. The van der Waals surface area contributed by atoms with Crippen LogP contribution in [-0.4, -0.2) is 37.1 Å². The molecule has 0 bridgehead atoms. The van der Waals surface area contributed by atoms with Gasteiger partial charge in [-0.25, -0.2) is 8.42 Å². The predicted octanol–water partition coefficient (Wildman–Crippen LogP) is 2.68. The van der Waals surface area contributed by atoms with Crippen molar-refractivity contribution in [1.29, 1.82) is 0 Å². The highest BCUT2D eigenvalue weighted by molar-refractivity contribution is 7.89. The van der Waals surface area contributed by atoms with Crippen LogP contribution in [0.25, 0.3) is 0 Å². The summed E-state index contributed by atoms with van der Waals surface area (Å²) in [5, 5.41) is 5.23. The standard InChI is InChI=1S/C14H26N2O2S2/c1-12(2)15-8-6-10-20(17,18)16(13(3)4)11-14-7-5-9-19-14/h5,7,9,12-13,15H,6,8,10-11H2,1-4H3. The molecule has 1 N–H and O–H groups in total. The van der Waals surface area contributed by atoms with E-state index >= 15 is 0 Å². The highest BCUT2D eigenvalue weighted by Gasteiger charge is 2.24. The van der Waals surface area contributed by atoms with E-state index in [-0.39, 0.29) is 11.8 Å². The van der Waals surface area contributed by atoms with Crippen molar-refractivity contribution >= 4 is 21.4 Å². The number of sulfonamides is 1. The lowest BCUT2D eigenvalue weighted by molar-refractivity contribution is 0.350. The van der Waals surface area contributed by atoms with Gasteiger partial charge >= 0.3 is 0 Å². The summed E-state index contributed by atoms with van der Waals surface area (Å²) < 4.78 is 26.5. The van der Waals surface area contributed by atoms with Crippen LogP contribution in [-0.2, 0) is 16.6 Å². The van der Waals surface area contributed by atoms with Crippen LogP contribution in [0.5, 0.6) is 0 Å². The first-order valence-corrected chi connectivity index (χ1v) is 9.57. The van der Waals surface area contributed by atoms with Crippen molar-refractivity contribution in [3.05, 3.63) is 22.4 Å². The molecule has 1 heterocycles. The number of rotatable bonds is 9. The molecule has 20 heavy (non-hydrogen) atoms. The summed E-state index contributed by atoms with van der Waals surface area (Å²) in [5.74, 6) is 0.205. The SMILES string of the molecule is CC(C)NCCCS(=O)(=O)N(Cc1cccs1)C(C)C. The Morgan fingerprint density at radius 1 is 1.30 bits per heavy atom. The zero-order valence-corrected chi connectivity index (χ0v) is 14.4. The summed E-state index contributed by atoms with van der Waals surface area (Å²) in [6.45, 7) is 9.20. The van der Waals surface area contributed by atoms with Gasteiger partial charge in [-0.1, -0.05) is 19.9 Å². The Bertz CT molecular complexity index is 467. The molecule has 0 aliphatic rings. The smallest absolute Gasteiger partial charge is 0.214 e. The minimum absolute atomic E-state index is 0.0137. The largest absolute Gasteiger partial charge is 0.314 e. The lowest BCUT2D eigenvalue weighted by Gasteiger charge is -2.25. The number of hydrogen-bond acceptors (Lipinski definition) is 4. The van der Waals surface area contributed by atoms with E-state index in [0.29, 0.717) is 19.0 Å². The molecule has 0 atom stereocenters. The summed E-state index contributed by atoms with van der Waals surface area (Å²) in [6, 6.07) is 4.32. The van der Waals surface area contributed by atoms with Gasteiger partial charge in [-0.05, 0) is 38.3 Å². The Morgan fingerprint density at radius 3 is 2.50 bits per heavy atom. The van der Waals surface area contributed by atoms with Crippen molar-refractivity contribution in [1.82, 2.24) is 9.62 Å². The second kappa shape index (κ2) is 8.12. The number of thiophene rings is 1. The summed E-state index contributed by atoms with van der Waals surface area (Å²) in [5.41, 5.74) is 0. The van der Waals surface area contributed by atoms with E-state index < -0.39 is 10.0 Å². The molecule has 0 unspecified atom stereocenters. The number of nitrogens with zero attached hydrogens (tertiary/aromatic N) is 1. The van der Waals surface area contributed by atoms with Gasteiger partial charge in [0.2, 0.25) is 10.0 Å². The number of hydrogen-bond donors (Lipinski definition) is 1. The Balaban J connectivity index is 2.60. The molecule has 1 aromatic rings. The van der Waals surface area contributed by atoms with Gasteiger partial charge in [-0.2, -0.15) is 4.31 Å². The van der Waals surface area contributed by atoms with Crippen LogP contribution in [0.1, 0.15) is 39.0 Å². The summed E-state index contributed by atoms with van der Waals surface area (Å²) >= 11 is 1.60. The van der Waals surface area contributed by atoms with Crippen molar-refractivity contribution in [2.24, 2.45) is 0 Å². The summed E-state index contributed by atoms with van der Waals surface area (Å²) in [7, 11) is -3.20. The minimum Gasteiger partial charge on any atom is -0.314 e. The second-order valence-electron chi connectivity index (χ2n) is 5.50. The van der Waals surface area contributed by atoms with E-state index in [1.54, 1.807) is 15.6 Å². The Labute approximate surface area is 127 Å². The highest BCUT2D eigenvalue weighted by Crippen LogP contribution is 2.17. The topological polar surface area (TPSA) is 49.4 Å². The fraction of sp³-hybridized carbons (Fsp3) is 0.714. The maximum Gasteiger partial charge on any atom is 0.214 e. The summed E-state index contributed by atoms with van der Waals surface area (Å²) in [6.07, 6.45) is 0.647. The van der Waals surface area contributed by atoms with Crippen LogP contribution in [0.4, 0.5) is 0 Å². The fourth-order valence-corrected chi connectivity index (χ4v) is 4.43. The van der Waals surface area contributed by atoms with Gasteiger partial charge in [0.25, 0.3) is 0 Å². The third-order valence-corrected chi connectivity index (χ3v) is 5.89. The monoisotopic (exact) mass is 318 g/mol. The van der Waals surface area contributed by atoms with Crippen molar-refractivity contribution in [2.75, 3.05) is 12.3 Å². The molecule has 0 fully saturated rings. The van der Waals surface area contributed by atoms with E-state index in [2.05, 4.69) is 19.2 Å². The van der Waals surface area contributed by atoms with Crippen molar-refractivity contribution in [3.8, 4) is 0 Å². The third-order valence-electron chi connectivity index (χ3n) is 2.96. The average molecular weight is 319 g/mol. The molecule has 0 saturated carbocycles. The van der Waals surface area contributed by atoms with Crippen LogP contribution in [0.3, 0.4) is 0 Å². The van der Waals surface area contributed by atoms with E-state index in [4.69, 9.17) is 0 Å². The van der Waals surface area contributed by atoms with E-state index in [1.807, 2.05) is 31.4 Å². The molecule has 0 amide bonds. The Morgan fingerprint density at radius 2 is 2.00 bits per heavy atom. The van der Waals surface area contributed by atoms with Crippen molar-refractivity contribution in [3.63, 3.8) is 0 Å². The first-order valence-electron chi connectivity index (χ1n) is 7.08. The van der Waals surface area contributed by atoms with Crippen LogP contribution in [0.2, 0.25) is 0 Å². The zero-order valence-electron chi connectivity index (χ0n) is 12.8. The van der Waals surface area contributed by atoms with E-state index in [9.17, 15) is 8.42 Å². The van der Waals surface area contributed by atoms with Crippen molar-refractivity contribution < 1.29 is 8.42 Å². The Hall–Kier alpha value is -0.430. The molecule has 0 radical (unpaired) electrons. The second-order valence-corrected chi connectivity index (χ2v) is 8.57. The zero-order chi connectivity index (χ0) is 15.2. The maximum atomic E-state index is 12.4. The first kappa shape index (κ1) is 17.6. The van der Waals surface area contributed by atoms with Gasteiger partial charge < -0.3 is 5.32 Å². The molecule has 1 rings (SSSR count). The quantitative estimate of drug-likeness (QED) is 0.712. The molecular weight excluding hydrogens is 292 g/mol. The molecule has 0 aliphatic heterocycles. The summed E-state index contributed by atoms with van der Waals surface area (Å²) in [4.78, 5) is 1.09. The molecule has 1 aromatic heterocycles. The van der Waals surface area contributed by atoms with E-state index in [0.717, 1.165) is 11.4 Å². The molecule has 0 aliphatic carbocycles. The minimum atomic E-state index is -3.20. The number of nitrogens with one attached hydrogen (secondary N) is 1. The molecular formula is C14H26N2O2S2. The van der Waals surface area contributed by atoms with Crippen molar-refractivity contribution in [2.45, 2.75) is 52.7 Å². The lowest BCUT2D eigenvalue weighted by Crippen LogP contribution is -2.38. The lowest BCUT2D eigenvalue weighted by atomic mass is 10.3. The molecule has 0 saturated heterocycles. The Kier molecular flexibility index (Phi) is 7.15. The van der Waals surface area contributed by atoms with E-state index in [1.165, 1.54) is 0 Å². The molecule has 116 valence electrons.